The van der Waals surface area contributed by atoms with Gasteiger partial charge in [0, 0.05) is 35.6 Å². The summed E-state index contributed by atoms with van der Waals surface area (Å²) >= 11 is 4.81. The van der Waals surface area contributed by atoms with Gasteiger partial charge in [-0.2, -0.15) is 0 Å². The molecule has 0 atom stereocenters. The third-order valence-electron chi connectivity index (χ3n) is 3.46. The molecule has 2 heterocycles. The molecule has 0 spiro atoms. The standard InChI is InChI=1S/C16H28N4O6P2S4/c1-5-23-27(21,24-6-2)31-15-19-17-13(29-15)11-9-10-12-14-18-20-16(30-14)32-28(22,25-7-3)26-8-4/h5-12H2,1-4H3. The van der Waals surface area contributed by atoms with Crippen molar-refractivity contribution in [3.8, 4) is 0 Å². The van der Waals surface area contributed by atoms with E-state index in [-0.39, 0.29) is 0 Å². The lowest BCUT2D eigenvalue weighted by atomic mass is 10.2. The fourth-order valence-electron chi connectivity index (χ4n) is 2.31. The van der Waals surface area contributed by atoms with Crippen molar-refractivity contribution < 1.29 is 27.2 Å². The van der Waals surface area contributed by atoms with Gasteiger partial charge in [0.15, 0.2) is 8.68 Å². The summed E-state index contributed by atoms with van der Waals surface area (Å²) < 4.78 is 47.4. The largest absolute Gasteiger partial charge is 0.396 e. The first-order valence-electron chi connectivity index (χ1n) is 10.2. The fraction of sp³-hybridized carbons (Fsp3) is 0.750. The first-order chi connectivity index (χ1) is 15.3. The Morgan fingerprint density at radius 1 is 0.656 bits per heavy atom. The van der Waals surface area contributed by atoms with Crippen molar-refractivity contribution in [2.24, 2.45) is 0 Å². The molecule has 32 heavy (non-hydrogen) atoms. The summed E-state index contributed by atoms with van der Waals surface area (Å²) in [5.74, 6) is 0. The van der Waals surface area contributed by atoms with Crippen LogP contribution in [0.3, 0.4) is 0 Å². The summed E-state index contributed by atoms with van der Waals surface area (Å²) in [6.07, 6.45) is 3.31. The lowest BCUT2D eigenvalue weighted by Crippen LogP contribution is -1.92. The average molecular weight is 563 g/mol. The first-order valence-corrected chi connectivity index (χ1v) is 17.7. The zero-order valence-electron chi connectivity index (χ0n) is 18.4. The van der Waals surface area contributed by atoms with E-state index in [0.29, 0.717) is 35.1 Å². The van der Waals surface area contributed by atoms with Crippen LogP contribution in [-0.4, -0.2) is 46.8 Å². The maximum atomic E-state index is 12.6. The Kier molecular flexibility index (Phi) is 12.9. The van der Waals surface area contributed by atoms with E-state index in [1.54, 1.807) is 27.7 Å². The second-order valence-corrected chi connectivity index (χ2v) is 16.3. The molecule has 0 radical (unpaired) electrons. The van der Waals surface area contributed by atoms with Gasteiger partial charge in [-0.15, -0.1) is 20.4 Å². The van der Waals surface area contributed by atoms with Crippen molar-refractivity contribution in [1.82, 2.24) is 20.4 Å². The molecule has 0 N–H and O–H groups in total. The molecule has 0 aliphatic rings. The van der Waals surface area contributed by atoms with Gasteiger partial charge in [0.1, 0.15) is 10.0 Å². The van der Waals surface area contributed by atoms with E-state index in [4.69, 9.17) is 18.1 Å². The zero-order valence-corrected chi connectivity index (χ0v) is 23.5. The molecule has 0 aromatic carbocycles. The summed E-state index contributed by atoms with van der Waals surface area (Å²) in [5, 5.41) is 18.3. The Morgan fingerprint density at radius 3 is 1.31 bits per heavy atom. The quantitative estimate of drug-likeness (QED) is 0.154. The summed E-state index contributed by atoms with van der Waals surface area (Å²) in [5.41, 5.74) is 0. The predicted octanol–water partition coefficient (Wildman–Crippen LogP) is 6.50. The van der Waals surface area contributed by atoms with Gasteiger partial charge >= 0.3 is 13.6 Å². The molecule has 2 rings (SSSR count). The lowest BCUT2D eigenvalue weighted by Gasteiger charge is -2.13. The number of hydrogen-bond acceptors (Lipinski definition) is 14. The van der Waals surface area contributed by atoms with Gasteiger partial charge in [-0.3, -0.25) is 0 Å². The summed E-state index contributed by atoms with van der Waals surface area (Å²) in [4.78, 5) is 0. The molecule has 182 valence electrons. The zero-order chi connectivity index (χ0) is 23.5. The highest BCUT2D eigenvalue weighted by atomic mass is 32.7. The third kappa shape index (κ3) is 9.77. The molecule has 16 heteroatoms. The van der Waals surface area contributed by atoms with Gasteiger partial charge in [0.25, 0.3) is 0 Å². The van der Waals surface area contributed by atoms with Crippen LogP contribution < -0.4 is 0 Å². The van der Waals surface area contributed by atoms with Crippen LogP contribution >= 0.6 is 59.0 Å². The minimum absolute atomic E-state index is 0.302. The summed E-state index contributed by atoms with van der Waals surface area (Å²) in [6.45, 7) is 1.79. The van der Waals surface area contributed by atoms with Gasteiger partial charge in [0.05, 0.1) is 26.4 Å². The Labute approximate surface area is 204 Å². The van der Waals surface area contributed by atoms with Crippen LogP contribution in [-0.2, 0) is 40.1 Å². The van der Waals surface area contributed by atoms with Gasteiger partial charge < -0.3 is 18.1 Å². The highest BCUT2D eigenvalue weighted by molar-refractivity contribution is 8.56. The average Bonchev–Trinajstić information content (AvgIpc) is 3.35. The van der Waals surface area contributed by atoms with Gasteiger partial charge in [0.2, 0.25) is 0 Å². The van der Waals surface area contributed by atoms with Crippen molar-refractivity contribution in [3.63, 3.8) is 0 Å². The predicted molar refractivity (Wildman–Crippen MR) is 130 cm³/mol. The molecule has 0 saturated heterocycles. The number of rotatable bonds is 17. The highest BCUT2D eigenvalue weighted by Crippen LogP contribution is 2.64. The second-order valence-electron chi connectivity index (χ2n) is 5.88. The summed E-state index contributed by atoms with van der Waals surface area (Å²) in [6, 6.07) is 0. The maximum Gasteiger partial charge on any atom is 0.396 e. The monoisotopic (exact) mass is 562 g/mol. The normalized spacial score (nSPS) is 12.5. The molecule has 0 aliphatic carbocycles. The maximum absolute atomic E-state index is 12.6. The van der Waals surface area contributed by atoms with E-state index in [0.717, 1.165) is 58.5 Å². The molecule has 0 amide bonds. The highest BCUT2D eigenvalue weighted by Gasteiger charge is 2.29. The fourth-order valence-corrected chi connectivity index (χ4v) is 12.1. The SMILES string of the molecule is CCOP(=O)(OCC)Sc1nnc(CCCCc2nnc(SP(=O)(OCC)OCC)s2)s1. The Bertz CT molecular complexity index is 822. The number of aromatic nitrogens is 4. The van der Waals surface area contributed by atoms with Crippen molar-refractivity contribution in [1.29, 1.82) is 0 Å². The lowest BCUT2D eigenvalue weighted by molar-refractivity contribution is 0.236. The molecule has 2 aromatic heterocycles. The van der Waals surface area contributed by atoms with Crippen LogP contribution in [0.1, 0.15) is 50.6 Å². The minimum atomic E-state index is -3.25. The molecule has 0 fully saturated rings. The molecule has 0 unspecified atom stereocenters. The molecule has 2 aromatic rings. The van der Waals surface area contributed by atoms with E-state index in [1.165, 1.54) is 22.7 Å². The molecule has 10 nitrogen and oxygen atoms in total. The Balaban J connectivity index is 1.79. The molecule has 0 aliphatic heterocycles. The number of nitrogens with zero attached hydrogens (tertiary/aromatic N) is 4. The van der Waals surface area contributed by atoms with Crippen LogP contribution in [0.15, 0.2) is 8.68 Å². The van der Waals surface area contributed by atoms with Crippen molar-refractivity contribution in [2.75, 3.05) is 26.4 Å². The van der Waals surface area contributed by atoms with E-state index in [9.17, 15) is 9.13 Å². The Morgan fingerprint density at radius 2 is 1.00 bits per heavy atom. The van der Waals surface area contributed by atoms with Crippen LogP contribution in [0.5, 0.6) is 0 Å². The smallest absolute Gasteiger partial charge is 0.301 e. The van der Waals surface area contributed by atoms with Crippen LogP contribution in [0.2, 0.25) is 0 Å². The van der Waals surface area contributed by atoms with Crippen molar-refractivity contribution in [3.05, 3.63) is 10.0 Å². The second kappa shape index (κ2) is 14.5. The molecule has 0 saturated carbocycles. The number of unbranched alkanes of at least 4 members (excludes halogenated alkanes) is 1. The van der Waals surface area contributed by atoms with E-state index in [2.05, 4.69) is 20.4 Å². The topological polar surface area (TPSA) is 123 Å². The van der Waals surface area contributed by atoms with Crippen LogP contribution in [0, 0.1) is 0 Å². The van der Waals surface area contributed by atoms with Crippen molar-refractivity contribution >= 4 is 59.0 Å². The van der Waals surface area contributed by atoms with E-state index in [1.807, 2.05) is 0 Å². The number of aryl methyl sites for hydroxylation is 2. The minimum Gasteiger partial charge on any atom is -0.301 e. The van der Waals surface area contributed by atoms with Crippen LogP contribution in [0.4, 0.5) is 0 Å². The Hall–Kier alpha value is 0.120. The molecular weight excluding hydrogens is 534 g/mol. The summed E-state index contributed by atoms with van der Waals surface area (Å²) in [7, 11) is 0. The van der Waals surface area contributed by atoms with Crippen LogP contribution in [0.25, 0.3) is 0 Å². The van der Waals surface area contributed by atoms with Crippen molar-refractivity contribution in [2.45, 2.75) is 62.1 Å². The molecular formula is C16H28N4O6P2S4. The first kappa shape index (κ1) is 28.4. The number of hydrogen-bond donors (Lipinski definition) is 0. The third-order valence-corrected chi connectivity index (χ3v) is 13.6. The van der Waals surface area contributed by atoms with E-state index >= 15 is 0 Å². The molecule has 0 bridgehead atoms. The van der Waals surface area contributed by atoms with E-state index < -0.39 is 13.6 Å². The van der Waals surface area contributed by atoms with Gasteiger partial charge in [-0.05, 0) is 40.5 Å². The van der Waals surface area contributed by atoms with Gasteiger partial charge in [-0.25, -0.2) is 9.13 Å². The van der Waals surface area contributed by atoms with Gasteiger partial charge in [-0.1, -0.05) is 22.7 Å².